The molecule has 4 fully saturated rings. The van der Waals surface area contributed by atoms with Gasteiger partial charge >= 0.3 is 5.97 Å². The standard InChI is InChI=1S/C29H42O10/c1-15(10-18-23(33)25(35)24(34)19(12-30)38-18)17-11-16(26(36)39-17)4-5-21-27(2)8-7-22(32)28(3,13-31)20(27)6-9-29(21)14-37-29/h4-5,11,18-25,30-35H,6-10,12-14H2,1-3H3/b5-4+,17-15+/t18-,19+,20?,21-,22+,23-,24-,25+,27+,28-,29-/m0/s1. The number of carbonyl (C=O) groups is 1. The summed E-state index contributed by atoms with van der Waals surface area (Å²) in [6.45, 7) is 5.97. The normalized spacial score (nSPS) is 49.2. The summed E-state index contributed by atoms with van der Waals surface area (Å²) in [5.74, 6) is -0.0737. The number of esters is 1. The fourth-order valence-electron chi connectivity index (χ4n) is 7.81. The lowest BCUT2D eigenvalue weighted by atomic mass is 9.45. The fraction of sp³-hybridized carbons (Fsp3) is 0.759. The highest BCUT2D eigenvalue weighted by molar-refractivity contribution is 5.95. The molecule has 2 saturated carbocycles. The van der Waals surface area contributed by atoms with Gasteiger partial charge in [0.15, 0.2) is 0 Å². The maximum Gasteiger partial charge on any atom is 0.343 e. The molecule has 6 N–H and O–H groups in total. The lowest BCUT2D eigenvalue weighted by Gasteiger charge is -2.60. The van der Waals surface area contributed by atoms with Crippen LogP contribution in [0.4, 0.5) is 0 Å². The first kappa shape index (κ1) is 28.9. The molecule has 0 aromatic heterocycles. The van der Waals surface area contributed by atoms with Crippen LogP contribution in [-0.4, -0.2) is 98.7 Å². The number of carbonyl (C=O) groups excluding carboxylic acids is 1. The Morgan fingerprint density at radius 2 is 1.74 bits per heavy atom. The van der Waals surface area contributed by atoms with Gasteiger partial charge in [0.25, 0.3) is 0 Å². The molecule has 0 aromatic rings. The van der Waals surface area contributed by atoms with Crippen molar-refractivity contribution in [3.8, 4) is 0 Å². The molecule has 0 bridgehead atoms. The monoisotopic (exact) mass is 550 g/mol. The lowest BCUT2D eigenvalue weighted by molar-refractivity contribution is -0.228. The maximum atomic E-state index is 12.8. The predicted molar refractivity (Wildman–Crippen MR) is 138 cm³/mol. The molecule has 5 rings (SSSR count). The van der Waals surface area contributed by atoms with E-state index in [1.54, 1.807) is 19.1 Å². The van der Waals surface area contributed by atoms with E-state index >= 15 is 0 Å². The zero-order chi connectivity index (χ0) is 28.3. The Kier molecular flexibility index (Phi) is 7.65. The highest BCUT2D eigenvalue weighted by Gasteiger charge is 2.66. The molecule has 0 amide bonds. The molecule has 3 heterocycles. The first-order chi connectivity index (χ1) is 18.4. The highest BCUT2D eigenvalue weighted by atomic mass is 16.6. The summed E-state index contributed by atoms with van der Waals surface area (Å²) in [6, 6.07) is 0. The molecule has 2 aliphatic carbocycles. The Balaban J connectivity index is 1.36. The minimum Gasteiger partial charge on any atom is -0.423 e. The molecule has 1 unspecified atom stereocenters. The second-order valence-corrected chi connectivity index (χ2v) is 12.7. The number of epoxide rings is 1. The molecular formula is C29H42O10. The fourth-order valence-corrected chi connectivity index (χ4v) is 7.81. The average Bonchev–Trinajstić information content (AvgIpc) is 3.58. The first-order valence-corrected chi connectivity index (χ1v) is 14.0. The first-order valence-electron chi connectivity index (χ1n) is 14.0. The van der Waals surface area contributed by atoms with Crippen molar-refractivity contribution in [2.24, 2.45) is 22.7 Å². The highest BCUT2D eigenvalue weighted by Crippen LogP contribution is 2.65. The number of aliphatic hydroxyl groups is 6. The summed E-state index contributed by atoms with van der Waals surface area (Å²) in [5.41, 5.74) is -0.120. The summed E-state index contributed by atoms with van der Waals surface area (Å²) >= 11 is 0. The Hall–Kier alpha value is -1.63. The van der Waals surface area contributed by atoms with E-state index < -0.39 is 54.6 Å². The van der Waals surface area contributed by atoms with Gasteiger partial charge in [-0.25, -0.2) is 4.79 Å². The third-order valence-electron chi connectivity index (χ3n) is 10.4. The lowest BCUT2D eigenvalue weighted by Crippen LogP contribution is -2.60. The van der Waals surface area contributed by atoms with E-state index in [0.29, 0.717) is 29.9 Å². The minimum absolute atomic E-state index is 0.000863. The van der Waals surface area contributed by atoms with Crippen molar-refractivity contribution < 1.29 is 49.6 Å². The zero-order valence-electron chi connectivity index (χ0n) is 22.8. The summed E-state index contributed by atoms with van der Waals surface area (Å²) in [7, 11) is 0. The zero-order valence-corrected chi connectivity index (χ0v) is 22.8. The van der Waals surface area contributed by atoms with Gasteiger partial charge in [0.05, 0.1) is 43.2 Å². The van der Waals surface area contributed by atoms with E-state index in [0.717, 1.165) is 19.3 Å². The number of allylic oxidation sites excluding steroid dienone is 1. The number of aliphatic hydroxyl groups excluding tert-OH is 6. The molecule has 3 aliphatic heterocycles. The summed E-state index contributed by atoms with van der Waals surface area (Å²) in [6.07, 6.45) is 1.94. The molecule has 10 nitrogen and oxygen atoms in total. The van der Waals surface area contributed by atoms with Gasteiger partial charge in [0.1, 0.15) is 30.2 Å². The van der Waals surface area contributed by atoms with Gasteiger partial charge < -0.3 is 44.8 Å². The van der Waals surface area contributed by atoms with Gasteiger partial charge in [-0.2, -0.15) is 0 Å². The van der Waals surface area contributed by atoms with Gasteiger partial charge in [-0.15, -0.1) is 0 Å². The van der Waals surface area contributed by atoms with Crippen LogP contribution in [0.5, 0.6) is 0 Å². The number of cyclic esters (lactones) is 1. The molecular weight excluding hydrogens is 508 g/mol. The van der Waals surface area contributed by atoms with Crippen molar-refractivity contribution in [1.29, 1.82) is 0 Å². The van der Waals surface area contributed by atoms with Crippen LogP contribution in [0.3, 0.4) is 0 Å². The van der Waals surface area contributed by atoms with Gasteiger partial charge in [-0.05, 0) is 55.6 Å². The SMILES string of the molecule is C/C(C[C@@H]1O[C@H](CO)[C@H](O)[C@H](O)[C@H]1O)=C1C=C(/C=C/[C@@H]2[C@]3(CCC4[C@](C)(CO)[C@H](O)CC[C@]42C)CO3)C(=O)O/1. The number of hydrogen-bond donors (Lipinski definition) is 6. The van der Waals surface area contributed by atoms with Crippen LogP contribution >= 0.6 is 0 Å². The third kappa shape index (κ3) is 4.72. The average molecular weight is 551 g/mol. The predicted octanol–water partition coefficient (Wildman–Crippen LogP) is 0.487. The van der Waals surface area contributed by atoms with Crippen LogP contribution in [0, 0.1) is 22.7 Å². The van der Waals surface area contributed by atoms with Crippen LogP contribution in [0.1, 0.15) is 52.9 Å². The Bertz CT molecular complexity index is 1060. The van der Waals surface area contributed by atoms with Crippen molar-refractivity contribution >= 4 is 5.97 Å². The van der Waals surface area contributed by atoms with Crippen LogP contribution < -0.4 is 0 Å². The van der Waals surface area contributed by atoms with E-state index in [1.165, 1.54) is 0 Å². The van der Waals surface area contributed by atoms with Crippen LogP contribution in [0.2, 0.25) is 0 Å². The van der Waals surface area contributed by atoms with Crippen LogP contribution in [0.25, 0.3) is 0 Å². The maximum absolute atomic E-state index is 12.8. The second-order valence-electron chi connectivity index (χ2n) is 12.7. The molecule has 2 saturated heterocycles. The van der Waals surface area contributed by atoms with E-state index in [4.69, 9.17) is 14.2 Å². The van der Waals surface area contributed by atoms with E-state index in [2.05, 4.69) is 6.92 Å². The summed E-state index contributed by atoms with van der Waals surface area (Å²) < 4.78 is 17.1. The largest absolute Gasteiger partial charge is 0.423 e. The van der Waals surface area contributed by atoms with Crippen LogP contribution in [-0.2, 0) is 19.0 Å². The quantitative estimate of drug-likeness (QED) is 0.202. The van der Waals surface area contributed by atoms with Crippen molar-refractivity contribution in [2.45, 2.75) is 95.1 Å². The summed E-state index contributed by atoms with van der Waals surface area (Å²) in [5, 5.41) is 61.0. The van der Waals surface area contributed by atoms with Crippen molar-refractivity contribution in [2.75, 3.05) is 19.8 Å². The molecule has 0 radical (unpaired) electrons. The van der Waals surface area contributed by atoms with E-state index in [-0.39, 0.29) is 35.9 Å². The topological polar surface area (TPSA) is 169 Å². The second kappa shape index (κ2) is 10.3. The molecule has 218 valence electrons. The molecule has 1 spiro atoms. The van der Waals surface area contributed by atoms with Gasteiger partial charge in [-0.3, -0.25) is 0 Å². The smallest absolute Gasteiger partial charge is 0.343 e. The summed E-state index contributed by atoms with van der Waals surface area (Å²) in [4.78, 5) is 12.8. The van der Waals surface area contributed by atoms with Crippen LogP contribution in [0.15, 0.2) is 35.1 Å². The Morgan fingerprint density at radius 1 is 1.05 bits per heavy atom. The number of fused-ring (bicyclic) bond motifs is 1. The third-order valence-corrected chi connectivity index (χ3v) is 10.4. The van der Waals surface area contributed by atoms with Gasteiger partial charge in [-0.1, -0.05) is 26.0 Å². The van der Waals surface area contributed by atoms with Crippen molar-refractivity contribution in [1.82, 2.24) is 0 Å². The molecule has 5 aliphatic rings. The Labute approximate surface area is 228 Å². The van der Waals surface area contributed by atoms with Crippen molar-refractivity contribution in [3.05, 3.63) is 35.1 Å². The molecule has 11 atom stereocenters. The number of ether oxygens (including phenoxy) is 3. The number of hydrogen-bond acceptors (Lipinski definition) is 10. The number of rotatable bonds is 6. The van der Waals surface area contributed by atoms with Gasteiger partial charge in [0, 0.05) is 17.8 Å². The molecule has 39 heavy (non-hydrogen) atoms. The molecule has 0 aromatic carbocycles. The van der Waals surface area contributed by atoms with Gasteiger partial charge in [0.2, 0.25) is 0 Å². The van der Waals surface area contributed by atoms with Crippen molar-refractivity contribution in [3.63, 3.8) is 0 Å². The van der Waals surface area contributed by atoms with E-state index in [1.807, 2.05) is 13.0 Å². The molecule has 10 heteroatoms. The minimum atomic E-state index is -1.47. The Morgan fingerprint density at radius 3 is 2.38 bits per heavy atom. The van der Waals surface area contributed by atoms with E-state index in [9.17, 15) is 35.4 Å².